The summed E-state index contributed by atoms with van der Waals surface area (Å²) in [6.07, 6.45) is -9.95. The monoisotopic (exact) mass is 1250 g/mol. The molecule has 0 spiro atoms. The molecule has 2 aromatic carbocycles. The molecule has 1 heterocycles. The van der Waals surface area contributed by atoms with Crippen LogP contribution in [0.4, 0.5) is 21.0 Å². The first-order valence-electron chi connectivity index (χ1n) is 28.6. The number of carbonyl (C=O) groups excluding carboxylic acids is 6. The number of likely N-dealkylation sites (N-methyl/N-ethyl adjacent to an activating group) is 1. The molecule has 0 radical (unpaired) electrons. The molecule has 3 rings (SSSR count). The van der Waals surface area contributed by atoms with Gasteiger partial charge in [0.05, 0.1) is 125 Å². The lowest BCUT2D eigenvalue weighted by molar-refractivity contribution is -0.121. The summed E-state index contributed by atoms with van der Waals surface area (Å²) in [7, 11) is 1.69. The van der Waals surface area contributed by atoms with E-state index < -0.39 is 145 Å². The van der Waals surface area contributed by atoms with Crippen LogP contribution in [0.5, 0.6) is 5.75 Å². The maximum absolute atomic E-state index is 14.3. The zero-order valence-corrected chi connectivity index (χ0v) is 52.7. The Kier molecular flexibility index (Phi) is 46.4. The van der Waals surface area contributed by atoms with Crippen LogP contribution in [-0.2, 0) is 14.3 Å². The number of nitrogens with one attached hydrogen (secondary N) is 2. The number of rotatable bonds is 30. The highest BCUT2D eigenvalue weighted by Crippen LogP contribution is 2.41. The van der Waals surface area contributed by atoms with Crippen molar-refractivity contribution in [1.82, 2.24) is 19.6 Å². The SMILES string of the molecule is CC.CC.CC.CN(CC(O)CO)CC(O)CO.Cc1c(C)c(C=O)c(C)c(NC(=O)OCCOC(=O)Nc2c(C)c(C(=O)N(CC(O)CO)CC(O)CO)c3c(c2C)C(=O)N(CC(O)CO)CC(CO)O3)c1C.O=CN(CC(O)CO)CC(O)CO. The zero-order chi connectivity index (χ0) is 67.8. The first kappa shape index (κ1) is 85.4. The molecule has 2 aromatic rings. The van der Waals surface area contributed by atoms with E-state index in [1.54, 1.807) is 32.7 Å². The molecule has 0 aliphatic carbocycles. The molecule has 17 N–H and O–H groups in total. The normalized spacial score (nSPS) is 14.7. The van der Waals surface area contributed by atoms with Crippen LogP contribution in [0.3, 0.4) is 0 Å². The third-order valence-corrected chi connectivity index (χ3v) is 12.5. The van der Waals surface area contributed by atoms with Crippen LogP contribution in [0.25, 0.3) is 0 Å². The van der Waals surface area contributed by atoms with Gasteiger partial charge >= 0.3 is 12.2 Å². The van der Waals surface area contributed by atoms with E-state index in [2.05, 4.69) is 10.6 Å². The minimum atomic E-state index is -1.49. The van der Waals surface area contributed by atoms with Crippen molar-refractivity contribution >= 4 is 48.1 Å². The van der Waals surface area contributed by atoms with Crippen molar-refractivity contribution in [2.24, 2.45) is 0 Å². The van der Waals surface area contributed by atoms with Crippen molar-refractivity contribution in [3.63, 3.8) is 0 Å². The Morgan fingerprint density at radius 2 is 0.954 bits per heavy atom. The quantitative estimate of drug-likeness (QED) is 0.0289. The van der Waals surface area contributed by atoms with E-state index in [0.29, 0.717) is 29.5 Å². The Morgan fingerprint density at radius 1 is 0.563 bits per heavy atom. The summed E-state index contributed by atoms with van der Waals surface area (Å²) >= 11 is 0. The summed E-state index contributed by atoms with van der Waals surface area (Å²) in [5.74, 6) is -2.10. The predicted octanol–water partition coefficient (Wildman–Crippen LogP) is -2.30. The van der Waals surface area contributed by atoms with Crippen LogP contribution in [-0.4, -0.2) is 307 Å². The lowest BCUT2D eigenvalue weighted by atomic mass is 9.93. The number of β-amino-alcohol motifs (C(OH)–C–C–N with tert-alkyl or cyclic N) is 1. The van der Waals surface area contributed by atoms with Crippen LogP contribution >= 0.6 is 0 Å². The summed E-state index contributed by atoms with van der Waals surface area (Å²) in [5.41, 5.74) is 3.11. The van der Waals surface area contributed by atoms with Crippen LogP contribution in [0.15, 0.2) is 0 Å². The molecule has 1 aliphatic rings. The lowest BCUT2D eigenvalue weighted by Gasteiger charge is -2.29. The van der Waals surface area contributed by atoms with Crippen LogP contribution in [0.2, 0.25) is 0 Å². The van der Waals surface area contributed by atoms with Crippen molar-refractivity contribution in [3.8, 4) is 5.75 Å². The second-order valence-corrected chi connectivity index (χ2v) is 19.1. The molecule has 30 nitrogen and oxygen atoms in total. The lowest BCUT2D eigenvalue weighted by Crippen LogP contribution is -2.44. The molecule has 504 valence electrons. The van der Waals surface area contributed by atoms with Gasteiger partial charge in [-0.2, -0.15) is 0 Å². The average Bonchev–Trinajstić information content (AvgIpc) is 1.81. The molecule has 0 saturated heterocycles. The number of fused-ring (bicyclic) bond motifs is 1. The minimum absolute atomic E-state index is 0.0166. The number of carbonyl (C=O) groups is 6. The van der Waals surface area contributed by atoms with E-state index in [0.717, 1.165) is 31.4 Å². The summed E-state index contributed by atoms with van der Waals surface area (Å²) in [6, 6.07) is 0. The summed E-state index contributed by atoms with van der Waals surface area (Å²) in [4.78, 5) is 81.0. The first-order valence-corrected chi connectivity index (χ1v) is 28.6. The summed E-state index contributed by atoms with van der Waals surface area (Å²) in [5, 5.41) is 144. The number of nitrogens with zero attached hydrogens (tertiary/aromatic N) is 4. The van der Waals surface area contributed by atoms with Gasteiger partial charge in [-0.3, -0.25) is 29.8 Å². The maximum Gasteiger partial charge on any atom is 0.411 e. The minimum Gasteiger partial charge on any atom is -0.484 e. The number of aldehydes is 1. The number of hydrogen-bond acceptors (Lipinski definition) is 25. The third-order valence-electron chi connectivity index (χ3n) is 12.5. The highest BCUT2D eigenvalue weighted by atomic mass is 16.6. The van der Waals surface area contributed by atoms with Gasteiger partial charge in [-0.05, 0) is 82.0 Å². The summed E-state index contributed by atoms with van der Waals surface area (Å²) in [6.45, 7) is 15.4. The Bertz CT molecular complexity index is 2280. The summed E-state index contributed by atoms with van der Waals surface area (Å²) < 4.78 is 16.5. The highest BCUT2D eigenvalue weighted by Gasteiger charge is 2.39. The molecule has 8 unspecified atom stereocenters. The van der Waals surface area contributed by atoms with Crippen LogP contribution in [0, 0.1) is 41.5 Å². The van der Waals surface area contributed by atoms with E-state index >= 15 is 0 Å². The Balaban J connectivity index is -0.00000186. The smallest absolute Gasteiger partial charge is 0.411 e. The van der Waals surface area contributed by atoms with Crippen molar-refractivity contribution < 1.29 is 120 Å². The molecule has 0 fully saturated rings. The number of hydrogen-bond donors (Lipinski definition) is 17. The molecule has 87 heavy (non-hydrogen) atoms. The van der Waals surface area contributed by atoms with Gasteiger partial charge in [0.1, 0.15) is 25.1 Å². The number of benzene rings is 2. The van der Waals surface area contributed by atoms with Gasteiger partial charge in [0, 0.05) is 51.4 Å². The Morgan fingerprint density at radius 3 is 1.33 bits per heavy atom. The van der Waals surface area contributed by atoms with Crippen molar-refractivity contribution in [1.29, 1.82) is 0 Å². The molecular weight excluding hydrogens is 1150 g/mol. The number of aliphatic hydroxyl groups is 15. The van der Waals surface area contributed by atoms with Crippen LogP contribution < -0.4 is 15.4 Å². The van der Waals surface area contributed by atoms with E-state index in [9.17, 15) is 64.5 Å². The molecule has 0 aromatic heterocycles. The Hall–Kier alpha value is -5.78. The second-order valence-electron chi connectivity index (χ2n) is 19.1. The number of amides is 5. The predicted molar refractivity (Wildman–Crippen MR) is 321 cm³/mol. The van der Waals surface area contributed by atoms with E-state index in [4.69, 9.17) is 55.1 Å². The highest BCUT2D eigenvalue weighted by molar-refractivity contribution is 6.09. The fourth-order valence-electron chi connectivity index (χ4n) is 8.10. The van der Waals surface area contributed by atoms with Gasteiger partial charge in [-0.1, -0.05) is 41.5 Å². The molecule has 5 amide bonds. The van der Waals surface area contributed by atoms with Gasteiger partial charge in [-0.15, -0.1) is 0 Å². The molecule has 0 saturated carbocycles. The topological polar surface area (TPSA) is 471 Å². The molecule has 30 heteroatoms. The zero-order valence-electron chi connectivity index (χ0n) is 52.7. The van der Waals surface area contributed by atoms with Gasteiger partial charge in [-0.25, -0.2) is 9.59 Å². The second kappa shape index (κ2) is 47.3. The van der Waals surface area contributed by atoms with Crippen molar-refractivity contribution in [2.45, 2.75) is 132 Å². The number of anilines is 2. The fourth-order valence-corrected chi connectivity index (χ4v) is 8.10. The molecule has 1 aliphatic heterocycles. The Labute approximate surface area is 509 Å². The fraction of sp³-hybridized carbons (Fsp3) is 0.684. The van der Waals surface area contributed by atoms with Gasteiger partial charge in [0.25, 0.3) is 11.8 Å². The van der Waals surface area contributed by atoms with E-state index in [1.165, 1.54) is 13.8 Å². The molecule has 8 atom stereocenters. The van der Waals surface area contributed by atoms with Gasteiger partial charge in [0.2, 0.25) is 6.41 Å². The number of ether oxygens (including phenoxy) is 3. The first-order chi connectivity index (χ1) is 41.2. The van der Waals surface area contributed by atoms with Crippen LogP contribution in [0.1, 0.15) is 106 Å². The molecular formula is C57H102N6O24. The van der Waals surface area contributed by atoms with E-state index in [-0.39, 0.29) is 79.6 Å². The van der Waals surface area contributed by atoms with Crippen molar-refractivity contribution in [2.75, 3.05) is 136 Å². The standard InChI is InChI=1S/C37H52N4O15.C7H15NO5.C7H17NO4.3C2H6/c1-18-19(2)28(17-46)21(4)31(20(18)3)38-36(52)54-7-8-55-37(53)39-32-22(5)29(34(50)40(9-24(47)13-42)10-25(48)14-43)33-30(23(32)6)35(51)41(11-26(49)15-44)12-27(16-45)56-33;9-3-6(12)1-8(5-11)2-7(13)4-10;1-8(2-6(11)4-9)3-7(12)5-10;3*1-2/h17,24-27,42-45,47-49H,7-16H2,1-6H3,(H,38,52)(H,39,53);5-7,9-10,12-13H,1-4H2;6-7,9-12H,2-5H2,1H3;3*1-2H3. The van der Waals surface area contributed by atoms with Gasteiger partial charge in [0.15, 0.2) is 6.29 Å². The maximum atomic E-state index is 14.3. The van der Waals surface area contributed by atoms with Gasteiger partial charge < -0.3 is 110 Å². The third kappa shape index (κ3) is 29.4. The van der Waals surface area contributed by atoms with Crippen molar-refractivity contribution in [3.05, 3.63) is 50.1 Å². The molecule has 0 bridgehead atoms. The average molecular weight is 1260 g/mol. The largest absolute Gasteiger partial charge is 0.484 e. The van der Waals surface area contributed by atoms with E-state index in [1.807, 2.05) is 48.5 Å². The number of aliphatic hydroxyl groups excluding tert-OH is 15.